The van der Waals surface area contributed by atoms with Gasteiger partial charge in [-0.15, -0.1) is 0 Å². The number of non-ortho nitro benzene ring substituents is 1. The molecule has 1 amide bonds. The van der Waals surface area contributed by atoms with Gasteiger partial charge in [-0.2, -0.15) is 0 Å². The van der Waals surface area contributed by atoms with Crippen molar-refractivity contribution in [2.75, 3.05) is 7.05 Å². The summed E-state index contributed by atoms with van der Waals surface area (Å²) in [4.78, 5) is 20.7. The molecule has 0 spiro atoms. The monoisotopic (exact) mass is 212 g/mol. The normalized spacial score (nSPS) is 9.73. The van der Waals surface area contributed by atoms with E-state index in [2.05, 4.69) is 5.32 Å². The lowest BCUT2D eigenvalue weighted by atomic mass is 10.1. The number of nitro groups is 1. The highest BCUT2D eigenvalue weighted by atomic mass is 19.1. The first kappa shape index (κ1) is 11.1. The van der Waals surface area contributed by atoms with Crippen LogP contribution in [0.4, 0.5) is 10.1 Å². The molecule has 1 N–H and O–H groups in total. The fourth-order valence-electron chi connectivity index (χ4n) is 1.07. The Hall–Kier alpha value is -1.98. The molecule has 80 valence electrons. The number of hydrogen-bond donors (Lipinski definition) is 1. The second kappa shape index (κ2) is 4.50. The van der Waals surface area contributed by atoms with E-state index in [0.717, 1.165) is 18.2 Å². The number of benzene rings is 1. The van der Waals surface area contributed by atoms with Gasteiger partial charge in [-0.1, -0.05) is 0 Å². The number of carbonyl (C=O) groups excluding carboxylic acids is 1. The molecule has 0 bridgehead atoms. The van der Waals surface area contributed by atoms with Crippen LogP contribution in [0.1, 0.15) is 5.56 Å². The summed E-state index contributed by atoms with van der Waals surface area (Å²) in [6, 6.07) is 3.10. The molecule has 0 heterocycles. The average molecular weight is 212 g/mol. The Labute approximate surface area is 85.1 Å². The Morgan fingerprint density at radius 2 is 2.27 bits per heavy atom. The van der Waals surface area contributed by atoms with E-state index in [0.29, 0.717) is 0 Å². The molecule has 0 saturated carbocycles. The van der Waals surface area contributed by atoms with Crippen LogP contribution >= 0.6 is 0 Å². The lowest BCUT2D eigenvalue weighted by Crippen LogP contribution is -2.20. The van der Waals surface area contributed by atoms with Crippen LogP contribution < -0.4 is 5.32 Å². The summed E-state index contributed by atoms with van der Waals surface area (Å²) < 4.78 is 13.1. The van der Waals surface area contributed by atoms with E-state index in [1.54, 1.807) is 0 Å². The van der Waals surface area contributed by atoms with Crippen molar-refractivity contribution in [1.82, 2.24) is 5.32 Å². The van der Waals surface area contributed by atoms with Crippen LogP contribution in [-0.4, -0.2) is 17.9 Å². The standard InChI is InChI=1S/C9H9FN2O3/c1-11-9(13)5-6-4-7(12(14)15)2-3-8(6)10/h2-4H,5H2,1H3,(H,11,13). The fraction of sp³-hybridized carbons (Fsp3) is 0.222. The van der Waals surface area contributed by atoms with Gasteiger partial charge in [-0.3, -0.25) is 14.9 Å². The lowest BCUT2D eigenvalue weighted by Gasteiger charge is -2.01. The smallest absolute Gasteiger partial charge is 0.269 e. The Balaban J connectivity index is 3.00. The van der Waals surface area contributed by atoms with E-state index in [4.69, 9.17) is 0 Å². The van der Waals surface area contributed by atoms with Gasteiger partial charge in [0.1, 0.15) is 5.82 Å². The van der Waals surface area contributed by atoms with E-state index >= 15 is 0 Å². The van der Waals surface area contributed by atoms with Gasteiger partial charge in [-0.25, -0.2) is 4.39 Å². The van der Waals surface area contributed by atoms with Crippen molar-refractivity contribution in [3.63, 3.8) is 0 Å². The van der Waals surface area contributed by atoms with Crippen molar-refractivity contribution in [3.05, 3.63) is 39.7 Å². The third-order valence-electron chi connectivity index (χ3n) is 1.87. The quantitative estimate of drug-likeness (QED) is 0.600. The van der Waals surface area contributed by atoms with E-state index in [-0.39, 0.29) is 17.7 Å². The van der Waals surface area contributed by atoms with Crippen molar-refractivity contribution in [3.8, 4) is 0 Å². The highest BCUT2D eigenvalue weighted by Gasteiger charge is 2.12. The molecule has 0 fully saturated rings. The number of likely N-dealkylation sites (N-methyl/N-ethyl adjacent to an activating group) is 1. The van der Waals surface area contributed by atoms with Crippen LogP contribution in [0.3, 0.4) is 0 Å². The molecule has 1 aromatic carbocycles. The molecule has 6 heteroatoms. The van der Waals surface area contributed by atoms with Gasteiger partial charge in [-0.05, 0) is 6.07 Å². The maximum atomic E-state index is 13.1. The van der Waals surface area contributed by atoms with E-state index in [9.17, 15) is 19.3 Å². The zero-order valence-electron chi connectivity index (χ0n) is 7.99. The number of hydrogen-bond acceptors (Lipinski definition) is 3. The number of halogens is 1. The summed E-state index contributed by atoms with van der Waals surface area (Å²) in [7, 11) is 1.41. The molecule has 0 saturated heterocycles. The van der Waals surface area contributed by atoms with E-state index in [1.165, 1.54) is 7.05 Å². The first-order valence-corrected chi connectivity index (χ1v) is 4.18. The van der Waals surface area contributed by atoms with Crippen LogP contribution in [0, 0.1) is 15.9 Å². The topological polar surface area (TPSA) is 72.2 Å². The first-order valence-electron chi connectivity index (χ1n) is 4.18. The number of nitro benzene ring substituents is 1. The molecule has 0 aliphatic rings. The predicted molar refractivity (Wildman–Crippen MR) is 50.8 cm³/mol. The van der Waals surface area contributed by atoms with Crippen LogP contribution in [0.15, 0.2) is 18.2 Å². The Morgan fingerprint density at radius 1 is 1.60 bits per heavy atom. The number of nitrogens with one attached hydrogen (secondary N) is 1. The number of nitrogens with zero attached hydrogens (tertiary/aromatic N) is 1. The second-order valence-corrected chi connectivity index (χ2v) is 2.88. The van der Waals surface area contributed by atoms with Crippen LogP contribution in [-0.2, 0) is 11.2 Å². The molecule has 1 rings (SSSR count). The van der Waals surface area contributed by atoms with E-state index < -0.39 is 16.6 Å². The van der Waals surface area contributed by atoms with E-state index in [1.807, 2.05) is 0 Å². The van der Waals surface area contributed by atoms with Crippen molar-refractivity contribution in [2.24, 2.45) is 0 Å². The third-order valence-corrected chi connectivity index (χ3v) is 1.87. The molecule has 0 aliphatic carbocycles. The Kier molecular flexibility index (Phi) is 3.33. The first-order chi connectivity index (χ1) is 7.04. The Morgan fingerprint density at radius 3 is 2.80 bits per heavy atom. The number of carbonyl (C=O) groups is 1. The fourth-order valence-corrected chi connectivity index (χ4v) is 1.07. The zero-order valence-corrected chi connectivity index (χ0v) is 7.99. The van der Waals surface area contributed by atoms with Gasteiger partial charge in [0.15, 0.2) is 0 Å². The van der Waals surface area contributed by atoms with Crippen LogP contribution in [0.5, 0.6) is 0 Å². The maximum absolute atomic E-state index is 13.1. The lowest BCUT2D eigenvalue weighted by molar-refractivity contribution is -0.385. The second-order valence-electron chi connectivity index (χ2n) is 2.88. The molecule has 0 unspecified atom stereocenters. The van der Waals surface area contributed by atoms with Crippen LogP contribution in [0.2, 0.25) is 0 Å². The molecule has 0 aromatic heterocycles. The number of amides is 1. The minimum absolute atomic E-state index is 0.0172. The molecule has 0 radical (unpaired) electrons. The largest absolute Gasteiger partial charge is 0.359 e. The maximum Gasteiger partial charge on any atom is 0.269 e. The summed E-state index contributed by atoms with van der Waals surface area (Å²) >= 11 is 0. The van der Waals surface area contributed by atoms with Crippen LogP contribution in [0.25, 0.3) is 0 Å². The van der Waals surface area contributed by atoms with Crippen molar-refractivity contribution in [2.45, 2.75) is 6.42 Å². The average Bonchev–Trinajstić information content (AvgIpc) is 2.20. The molecule has 5 nitrogen and oxygen atoms in total. The van der Waals surface area contributed by atoms with Gasteiger partial charge < -0.3 is 5.32 Å². The Bertz CT molecular complexity index is 406. The molecule has 0 atom stereocenters. The summed E-state index contributed by atoms with van der Waals surface area (Å²) in [5.41, 5.74) is -0.209. The predicted octanol–water partition coefficient (Wildman–Crippen LogP) is 1.02. The van der Waals surface area contributed by atoms with Crippen molar-refractivity contribution in [1.29, 1.82) is 0 Å². The summed E-state index contributed by atoms with van der Waals surface area (Å²) in [6.45, 7) is 0. The highest BCUT2D eigenvalue weighted by molar-refractivity contribution is 5.78. The molecule has 0 aliphatic heterocycles. The minimum Gasteiger partial charge on any atom is -0.359 e. The third kappa shape index (κ3) is 2.73. The summed E-state index contributed by atoms with van der Waals surface area (Å²) in [6.07, 6.45) is -0.204. The highest BCUT2D eigenvalue weighted by Crippen LogP contribution is 2.17. The van der Waals surface area contributed by atoms with Gasteiger partial charge in [0.05, 0.1) is 11.3 Å². The van der Waals surface area contributed by atoms with Gasteiger partial charge in [0.2, 0.25) is 5.91 Å². The summed E-state index contributed by atoms with van der Waals surface area (Å²) in [5.74, 6) is -1.02. The zero-order chi connectivity index (χ0) is 11.4. The SMILES string of the molecule is CNC(=O)Cc1cc([N+](=O)[O-])ccc1F. The molecule has 1 aromatic rings. The minimum atomic E-state index is -0.632. The number of rotatable bonds is 3. The van der Waals surface area contributed by atoms with Crippen molar-refractivity contribution < 1.29 is 14.1 Å². The van der Waals surface area contributed by atoms with Gasteiger partial charge >= 0.3 is 0 Å². The summed E-state index contributed by atoms with van der Waals surface area (Å²) in [5, 5.41) is 12.7. The molecule has 15 heavy (non-hydrogen) atoms. The molecular formula is C9H9FN2O3. The molecular weight excluding hydrogens is 203 g/mol. The van der Waals surface area contributed by atoms with Crippen molar-refractivity contribution >= 4 is 11.6 Å². The van der Waals surface area contributed by atoms with Gasteiger partial charge in [0, 0.05) is 24.7 Å². The van der Waals surface area contributed by atoms with Gasteiger partial charge in [0.25, 0.3) is 5.69 Å².